The zero-order chi connectivity index (χ0) is 20.2. The Hall–Kier alpha value is -3.84. The first-order valence-electron chi connectivity index (χ1n) is 9.09. The summed E-state index contributed by atoms with van der Waals surface area (Å²) >= 11 is 0. The molecule has 3 aromatic carbocycles. The van der Waals surface area contributed by atoms with Gasteiger partial charge in [0, 0.05) is 6.07 Å². The van der Waals surface area contributed by atoms with Crippen LogP contribution in [0.2, 0.25) is 0 Å². The average Bonchev–Trinajstić information content (AvgIpc) is 3.16. The summed E-state index contributed by atoms with van der Waals surface area (Å²) in [5.74, 6) is 0. The maximum Gasteiger partial charge on any atom is 0.279 e. The van der Waals surface area contributed by atoms with E-state index in [9.17, 15) is 15.2 Å². The molecule has 0 fully saturated rings. The Morgan fingerprint density at radius 2 is 1.62 bits per heavy atom. The Bertz CT molecular complexity index is 1140. The van der Waals surface area contributed by atoms with E-state index < -0.39 is 4.92 Å². The van der Waals surface area contributed by atoms with Gasteiger partial charge in [0.25, 0.3) is 5.69 Å². The van der Waals surface area contributed by atoms with Crippen molar-refractivity contribution in [3.05, 3.63) is 100 Å². The summed E-state index contributed by atoms with van der Waals surface area (Å²) in [6.45, 7) is 0.0699. The summed E-state index contributed by atoms with van der Waals surface area (Å²) in [6.07, 6.45) is 0. The maximum absolute atomic E-state index is 11.8. The van der Waals surface area contributed by atoms with Crippen LogP contribution < -0.4 is 0 Å². The average molecular weight is 386 g/mol. The third-order valence-corrected chi connectivity index (χ3v) is 4.72. The molecule has 0 saturated heterocycles. The fourth-order valence-corrected chi connectivity index (χ4v) is 3.37. The van der Waals surface area contributed by atoms with Crippen LogP contribution in [0.3, 0.4) is 0 Å². The lowest BCUT2D eigenvalue weighted by molar-refractivity contribution is -0.384. The zero-order valence-corrected chi connectivity index (χ0v) is 15.5. The van der Waals surface area contributed by atoms with E-state index in [4.69, 9.17) is 0 Å². The molecule has 144 valence electrons. The quantitative estimate of drug-likeness (QED) is 0.398. The van der Waals surface area contributed by atoms with E-state index in [0.29, 0.717) is 29.1 Å². The molecule has 0 aliphatic heterocycles. The number of aliphatic hydroxyl groups is 1. The molecule has 1 aromatic heterocycles. The molecule has 0 unspecified atom stereocenters. The van der Waals surface area contributed by atoms with Gasteiger partial charge in [0.2, 0.25) is 0 Å². The minimum Gasteiger partial charge on any atom is -0.390 e. The van der Waals surface area contributed by atoms with Crippen LogP contribution in [0.4, 0.5) is 5.69 Å². The molecule has 0 aliphatic carbocycles. The minimum absolute atomic E-state index is 0.0761. The number of hydrogen-bond acceptors (Lipinski definition) is 5. The number of rotatable bonds is 6. The van der Waals surface area contributed by atoms with E-state index in [-0.39, 0.29) is 12.3 Å². The van der Waals surface area contributed by atoms with Gasteiger partial charge in [-0.05, 0) is 16.7 Å². The lowest BCUT2D eigenvalue weighted by Crippen LogP contribution is -2.07. The van der Waals surface area contributed by atoms with Gasteiger partial charge in [-0.1, -0.05) is 78.0 Å². The number of hydrogen-bond donors (Lipinski definition) is 1. The van der Waals surface area contributed by atoms with Gasteiger partial charge in [-0.25, -0.2) is 4.68 Å². The second-order valence-corrected chi connectivity index (χ2v) is 6.51. The van der Waals surface area contributed by atoms with Gasteiger partial charge >= 0.3 is 0 Å². The van der Waals surface area contributed by atoms with Crippen LogP contribution in [0.5, 0.6) is 0 Å². The Balaban J connectivity index is 1.90. The van der Waals surface area contributed by atoms with Crippen molar-refractivity contribution >= 4 is 5.69 Å². The van der Waals surface area contributed by atoms with E-state index in [1.165, 1.54) is 6.07 Å². The van der Waals surface area contributed by atoms with Crippen LogP contribution in [-0.4, -0.2) is 25.0 Å². The molecule has 0 spiro atoms. The van der Waals surface area contributed by atoms with Crippen molar-refractivity contribution < 1.29 is 10.0 Å². The normalized spacial score (nSPS) is 10.8. The van der Waals surface area contributed by atoms with Gasteiger partial charge in [-0.2, -0.15) is 0 Å². The second-order valence-electron chi connectivity index (χ2n) is 6.51. The molecule has 1 N–H and O–H groups in total. The number of aliphatic hydroxyl groups excluding tert-OH is 1. The highest BCUT2D eigenvalue weighted by Crippen LogP contribution is 2.39. The Labute approximate surface area is 167 Å². The molecule has 4 rings (SSSR count). The van der Waals surface area contributed by atoms with Gasteiger partial charge in [0.1, 0.15) is 5.69 Å². The van der Waals surface area contributed by atoms with Crippen molar-refractivity contribution in [2.75, 3.05) is 0 Å². The molecule has 0 aliphatic rings. The van der Waals surface area contributed by atoms with E-state index in [1.54, 1.807) is 10.7 Å². The molecular formula is C22H18N4O3. The lowest BCUT2D eigenvalue weighted by Gasteiger charge is -2.11. The minimum atomic E-state index is -0.431. The van der Waals surface area contributed by atoms with Gasteiger partial charge in [0.15, 0.2) is 0 Å². The van der Waals surface area contributed by atoms with Crippen LogP contribution in [0.1, 0.15) is 11.3 Å². The molecule has 4 aromatic rings. The summed E-state index contributed by atoms with van der Waals surface area (Å²) in [5, 5.41) is 30.2. The lowest BCUT2D eigenvalue weighted by atomic mass is 9.95. The molecule has 0 bridgehead atoms. The third-order valence-electron chi connectivity index (χ3n) is 4.72. The van der Waals surface area contributed by atoms with Crippen molar-refractivity contribution in [3.63, 3.8) is 0 Å². The van der Waals surface area contributed by atoms with Gasteiger partial charge in [0.05, 0.1) is 29.3 Å². The molecule has 1 heterocycles. The van der Waals surface area contributed by atoms with E-state index in [1.807, 2.05) is 66.7 Å². The first-order valence-corrected chi connectivity index (χ1v) is 9.09. The predicted molar refractivity (Wildman–Crippen MR) is 109 cm³/mol. The smallest absolute Gasteiger partial charge is 0.279 e. The van der Waals surface area contributed by atoms with Gasteiger partial charge < -0.3 is 5.11 Å². The van der Waals surface area contributed by atoms with Gasteiger partial charge in [-0.15, -0.1) is 5.10 Å². The third kappa shape index (κ3) is 3.63. The van der Waals surface area contributed by atoms with Crippen molar-refractivity contribution in [1.29, 1.82) is 0 Å². The van der Waals surface area contributed by atoms with E-state index in [0.717, 1.165) is 11.1 Å². The van der Waals surface area contributed by atoms with Crippen LogP contribution in [0.15, 0.2) is 78.9 Å². The van der Waals surface area contributed by atoms with Crippen molar-refractivity contribution in [2.24, 2.45) is 0 Å². The fraction of sp³-hybridized carbons (Fsp3) is 0.0909. The second kappa shape index (κ2) is 8.04. The molecule has 7 nitrogen and oxygen atoms in total. The topological polar surface area (TPSA) is 94.1 Å². The number of nitrogens with zero attached hydrogens (tertiary/aromatic N) is 4. The Kier molecular flexibility index (Phi) is 5.13. The fourth-order valence-electron chi connectivity index (χ4n) is 3.37. The maximum atomic E-state index is 11.8. The van der Waals surface area contributed by atoms with Crippen LogP contribution in [-0.2, 0) is 13.2 Å². The van der Waals surface area contributed by atoms with E-state index >= 15 is 0 Å². The number of nitro groups is 1. The summed E-state index contributed by atoms with van der Waals surface area (Å²) in [5.41, 5.74) is 3.51. The summed E-state index contributed by atoms with van der Waals surface area (Å²) < 4.78 is 1.58. The molecule has 0 radical (unpaired) electrons. The highest BCUT2D eigenvalue weighted by Gasteiger charge is 2.26. The standard InChI is InChI=1S/C22H18N4O3/c27-15-20-22(23-24-25(20)14-16-8-3-1-4-9-16)21-18(17-10-5-2-6-11-17)12-7-13-19(21)26(28)29/h1-13,27H,14-15H2. The highest BCUT2D eigenvalue weighted by molar-refractivity contribution is 5.88. The highest BCUT2D eigenvalue weighted by atomic mass is 16.6. The molecule has 7 heteroatoms. The van der Waals surface area contributed by atoms with Crippen molar-refractivity contribution in [2.45, 2.75) is 13.2 Å². The zero-order valence-electron chi connectivity index (χ0n) is 15.5. The van der Waals surface area contributed by atoms with Crippen molar-refractivity contribution in [3.8, 4) is 22.4 Å². The van der Waals surface area contributed by atoms with Crippen LogP contribution >= 0.6 is 0 Å². The number of nitro benzene ring substituents is 1. The van der Waals surface area contributed by atoms with Crippen LogP contribution in [0, 0.1) is 10.1 Å². The Morgan fingerprint density at radius 1 is 0.931 bits per heavy atom. The van der Waals surface area contributed by atoms with Crippen molar-refractivity contribution in [1.82, 2.24) is 15.0 Å². The molecule has 0 amide bonds. The summed E-state index contributed by atoms with van der Waals surface area (Å²) in [7, 11) is 0. The SMILES string of the molecule is O=[N+]([O-])c1cccc(-c2ccccc2)c1-c1nnn(Cc2ccccc2)c1CO. The number of aromatic nitrogens is 3. The predicted octanol–water partition coefficient (Wildman–Crippen LogP) is 4.06. The number of benzene rings is 3. The first-order chi connectivity index (χ1) is 14.2. The molecular weight excluding hydrogens is 368 g/mol. The molecule has 0 atom stereocenters. The Morgan fingerprint density at radius 3 is 2.28 bits per heavy atom. The molecule has 0 saturated carbocycles. The first kappa shape index (κ1) is 18.5. The summed E-state index contributed by atoms with van der Waals surface area (Å²) in [4.78, 5) is 11.3. The summed E-state index contributed by atoms with van der Waals surface area (Å²) in [6, 6.07) is 24.0. The van der Waals surface area contributed by atoms with E-state index in [2.05, 4.69) is 10.3 Å². The monoisotopic (exact) mass is 386 g/mol. The largest absolute Gasteiger partial charge is 0.390 e. The molecule has 29 heavy (non-hydrogen) atoms. The van der Waals surface area contributed by atoms with Gasteiger partial charge in [-0.3, -0.25) is 10.1 Å². The van der Waals surface area contributed by atoms with Crippen LogP contribution in [0.25, 0.3) is 22.4 Å².